The first-order valence-electron chi connectivity index (χ1n) is 4.82. The highest BCUT2D eigenvalue weighted by molar-refractivity contribution is 7.98. The zero-order chi connectivity index (χ0) is 12.0. The first-order chi connectivity index (χ1) is 7.73. The molecule has 6 nitrogen and oxygen atoms in total. The molecule has 4 N–H and O–H groups in total. The zero-order valence-electron chi connectivity index (χ0n) is 9.27. The summed E-state index contributed by atoms with van der Waals surface area (Å²) in [4.78, 5) is 8.42. The summed E-state index contributed by atoms with van der Waals surface area (Å²) in [7, 11) is 1.77. The van der Waals surface area contributed by atoms with Gasteiger partial charge in [-0.1, -0.05) is 11.8 Å². The van der Waals surface area contributed by atoms with Crippen LogP contribution in [0, 0.1) is 0 Å². The van der Waals surface area contributed by atoms with Gasteiger partial charge in [0.15, 0.2) is 5.16 Å². The Balaban J connectivity index is 2.85. The standard InChI is InChI=1S/C9H16N4O2S/c1-10-7-3-8(11-6(4-14)5-15)13-9(12-7)16-2/h3,6,14-15H,4-5H2,1-2H3,(H2,10,11,12,13). The summed E-state index contributed by atoms with van der Waals surface area (Å²) in [6, 6.07) is 1.31. The second-order valence-corrected chi connectivity index (χ2v) is 3.85. The highest BCUT2D eigenvalue weighted by atomic mass is 32.2. The number of aromatic nitrogens is 2. The maximum absolute atomic E-state index is 8.95. The lowest BCUT2D eigenvalue weighted by Gasteiger charge is -2.15. The average Bonchev–Trinajstić information content (AvgIpc) is 2.35. The number of thioether (sulfide) groups is 1. The third kappa shape index (κ3) is 3.51. The number of nitrogens with zero attached hydrogens (tertiary/aromatic N) is 2. The lowest BCUT2D eigenvalue weighted by atomic mass is 10.3. The van der Waals surface area contributed by atoms with E-state index in [2.05, 4.69) is 20.6 Å². The Labute approximate surface area is 98.5 Å². The molecule has 0 aromatic carbocycles. The molecule has 0 amide bonds. The van der Waals surface area contributed by atoms with Crippen molar-refractivity contribution in [2.24, 2.45) is 0 Å². The summed E-state index contributed by atoms with van der Waals surface area (Å²) in [6.45, 7) is -0.298. The van der Waals surface area contributed by atoms with Crippen molar-refractivity contribution in [1.82, 2.24) is 9.97 Å². The minimum Gasteiger partial charge on any atom is -0.394 e. The van der Waals surface area contributed by atoms with Crippen molar-refractivity contribution >= 4 is 23.4 Å². The molecule has 7 heteroatoms. The van der Waals surface area contributed by atoms with E-state index >= 15 is 0 Å². The predicted octanol–water partition coefficient (Wildman–Crippen LogP) is 0.00530. The van der Waals surface area contributed by atoms with Gasteiger partial charge in [0.2, 0.25) is 0 Å². The Morgan fingerprint density at radius 3 is 2.44 bits per heavy atom. The third-order valence-electron chi connectivity index (χ3n) is 1.94. The number of hydrogen-bond acceptors (Lipinski definition) is 7. The van der Waals surface area contributed by atoms with Gasteiger partial charge in [-0.3, -0.25) is 0 Å². The number of hydrogen-bond donors (Lipinski definition) is 4. The molecule has 0 aliphatic carbocycles. The molecule has 90 valence electrons. The van der Waals surface area contributed by atoms with Gasteiger partial charge in [-0.05, 0) is 6.26 Å². The van der Waals surface area contributed by atoms with E-state index in [0.717, 1.165) is 0 Å². The Hall–Kier alpha value is -1.05. The van der Waals surface area contributed by atoms with Crippen LogP contribution in [0.2, 0.25) is 0 Å². The second kappa shape index (κ2) is 6.51. The molecule has 1 aromatic rings. The van der Waals surface area contributed by atoms with Crippen molar-refractivity contribution < 1.29 is 10.2 Å². The molecule has 1 rings (SSSR count). The molecule has 0 aliphatic rings. The molecule has 0 aliphatic heterocycles. The molecule has 0 saturated heterocycles. The Bertz CT molecular complexity index is 311. The fourth-order valence-electron chi connectivity index (χ4n) is 1.08. The topological polar surface area (TPSA) is 90.3 Å². The number of aliphatic hydroxyl groups excluding tert-OH is 2. The lowest BCUT2D eigenvalue weighted by Crippen LogP contribution is -2.28. The van der Waals surface area contributed by atoms with Crippen molar-refractivity contribution in [3.05, 3.63) is 6.07 Å². The average molecular weight is 244 g/mol. The highest BCUT2D eigenvalue weighted by Crippen LogP contribution is 2.17. The SMILES string of the molecule is CNc1cc(NC(CO)CO)nc(SC)n1. The van der Waals surface area contributed by atoms with Crippen LogP contribution in [-0.2, 0) is 0 Å². The normalized spacial score (nSPS) is 10.6. The van der Waals surface area contributed by atoms with E-state index in [9.17, 15) is 0 Å². The number of anilines is 2. The molecule has 0 radical (unpaired) electrons. The van der Waals surface area contributed by atoms with Gasteiger partial charge in [-0.2, -0.15) is 0 Å². The van der Waals surface area contributed by atoms with Crippen LogP contribution in [0.4, 0.5) is 11.6 Å². The van der Waals surface area contributed by atoms with Gasteiger partial charge >= 0.3 is 0 Å². The van der Waals surface area contributed by atoms with Gasteiger partial charge in [-0.15, -0.1) is 0 Å². The van der Waals surface area contributed by atoms with Crippen LogP contribution in [-0.4, -0.2) is 52.7 Å². The van der Waals surface area contributed by atoms with Crippen molar-refractivity contribution in [3.8, 4) is 0 Å². The molecule has 0 spiro atoms. The van der Waals surface area contributed by atoms with E-state index in [0.29, 0.717) is 16.8 Å². The lowest BCUT2D eigenvalue weighted by molar-refractivity contribution is 0.203. The van der Waals surface area contributed by atoms with E-state index in [-0.39, 0.29) is 13.2 Å². The van der Waals surface area contributed by atoms with Crippen molar-refractivity contribution in [2.75, 3.05) is 37.2 Å². The van der Waals surface area contributed by atoms with Gasteiger partial charge in [0.1, 0.15) is 11.6 Å². The summed E-state index contributed by atoms with van der Waals surface area (Å²) >= 11 is 1.43. The Kier molecular flexibility index (Phi) is 5.30. The van der Waals surface area contributed by atoms with Crippen LogP contribution in [0.1, 0.15) is 0 Å². The third-order valence-corrected chi connectivity index (χ3v) is 2.48. The van der Waals surface area contributed by atoms with E-state index in [4.69, 9.17) is 10.2 Å². The summed E-state index contributed by atoms with van der Waals surface area (Å²) in [6.07, 6.45) is 1.88. The molecule has 1 heterocycles. The van der Waals surface area contributed by atoms with Gasteiger partial charge in [0, 0.05) is 13.1 Å². The molecule has 1 aromatic heterocycles. The van der Waals surface area contributed by atoms with Crippen molar-refractivity contribution in [2.45, 2.75) is 11.2 Å². The van der Waals surface area contributed by atoms with Crippen molar-refractivity contribution in [1.29, 1.82) is 0 Å². The van der Waals surface area contributed by atoms with Crippen LogP contribution < -0.4 is 10.6 Å². The van der Waals surface area contributed by atoms with E-state index in [1.54, 1.807) is 13.1 Å². The molecular formula is C9H16N4O2S. The maximum atomic E-state index is 8.95. The van der Waals surface area contributed by atoms with Crippen LogP contribution in [0.15, 0.2) is 11.2 Å². The summed E-state index contributed by atoms with van der Waals surface area (Å²) in [5.41, 5.74) is 0. The smallest absolute Gasteiger partial charge is 0.191 e. The van der Waals surface area contributed by atoms with Gasteiger partial charge in [0.05, 0.1) is 19.3 Å². The minimum atomic E-state index is -0.408. The van der Waals surface area contributed by atoms with Crippen molar-refractivity contribution in [3.63, 3.8) is 0 Å². The first-order valence-corrected chi connectivity index (χ1v) is 6.05. The maximum Gasteiger partial charge on any atom is 0.191 e. The zero-order valence-corrected chi connectivity index (χ0v) is 10.1. The Morgan fingerprint density at radius 1 is 1.31 bits per heavy atom. The van der Waals surface area contributed by atoms with Gasteiger partial charge in [-0.25, -0.2) is 9.97 Å². The van der Waals surface area contributed by atoms with Gasteiger partial charge in [0.25, 0.3) is 0 Å². The molecular weight excluding hydrogens is 228 g/mol. The fraction of sp³-hybridized carbons (Fsp3) is 0.556. The highest BCUT2D eigenvalue weighted by Gasteiger charge is 2.08. The van der Waals surface area contributed by atoms with Crippen LogP contribution in [0.5, 0.6) is 0 Å². The van der Waals surface area contributed by atoms with E-state index < -0.39 is 6.04 Å². The summed E-state index contributed by atoms with van der Waals surface area (Å²) < 4.78 is 0. The first kappa shape index (κ1) is 13.0. The molecule has 0 unspecified atom stereocenters. The van der Waals surface area contributed by atoms with Crippen LogP contribution in [0.3, 0.4) is 0 Å². The minimum absolute atomic E-state index is 0.149. The monoisotopic (exact) mass is 244 g/mol. The molecule has 0 fully saturated rings. The molecule has 16 heavy (non-hydrogen) atoms. The van der Waals surface area contributed by atoms with E-state index in [1.807, 2.05) is 6.26 Å². The second-order valence-electron chi connectivity index (χ2n) is 3.08. The number of nitrogens with one attached hydrogen (secondary N) is 2. The molecule has 0 atom stereocenters. The Morgan fingerprint density at radius 2 is 1.94 bits per heavy atom. The van der Waals surface area contributed by atoms with Crippen LogP contribution in [0.25, 0.3) is 0 Å². The predicted molar refractivity (Wildman–Crippen MR) is 64.9 cm³/mol. The van der Waals surface area contributed by atoms with Gasteiger partial charge < -0.3 is 20.8 Å². The number of aliphatic hydroxyl groups is 2. The summed E-state index contributed by atoms with van der Waals surface area (Å²) in [5.74, 6) is 1.27. The fourth-order valence-corrected chi connectivity index (χ4v) is 1.46. The molecule has 0 saturated carbocycles. The summed E-state index contributed by atoms with van der Waals surface area (Å²) in [5, 5.41) is 24.4. The number of rotatable bonds is 6. The molecule has 0 bridgehead atoms. The van der Waals surface area contributed by atoms with Crippen LogP contribution >= 0.6 is 11.8 Å². The largest absolute Gasteiger partial charge is 0.394 e. The van der Waals surface area contributed by atoms with E-state index in [1.165, 1.54) is 11.8 Å². The quantitative estimate of drug-likeness (QED) is 0.414.